The van der Waals surface area contributed by atoms with Gasteiger partial charge in [0.25, 0.3) is 0 Å². The molecule has 0 unspecified atom stereocenters. The number of rotatable bonds is 8. The van der Waals surface area contributed by atoms with Crippen molar-refractivity contribution in [2.75, 3.05) is 20.0 Å². The highest BCUT2D eigenvalue weighted by Gasteiger charge is 2.21. The van der Waals surface area contributed by atoms with Crippen molar-refractivity contribution >= 4 is 23.1 Å². The Morgan fingerprint density at radius 2 is 1.85 bits per heavy atom. The Labute approximate surface area is 160 Å². The number of nitrogens with zero attached hydrogens (tertiary/aromatic N) is 1. The number of methoxy groups -OCH3 is 2. The second kappa shape index (κ2) is 8.90. The molecular formula is C20H26ClN3O2. The van der Waals surface area contributed by atoms with Crippen molar-refractivity contribution in [3.8, 4) is 22.8 Å². The fraction of sp³-hybridized carbons (Fsp3) is 0.400. The molecule has 1 aromatic carbocycles. The highest BCUT2D eigenvalue weighted by atomic mass is 35.5. The number of hydrogen-bond acceptors (Lipinski definition) is 5. The molecule has 1 aromatic heterocycles. The highest BCUT2D eigenvalue weighted by Crippen LogP contribution is 2.43. The number of halogens is 1. The van der Waals surface area contributed by atoms with Crippen LogP contribution in [0.4, 0.5) is 5.82 Å². The van der Waals surface area contributed by atoms with Crippen LogP contribution in [0.2, 0.25) is 5.02 Å². The van der Waals surface area contributed by atoms with E-state index in [0.717, 1.165) is 30.4 Å². The second-order valence-corrected chi connectivity index (χ2v) is 6.43. The number of ether oxygens (including phenoxy) is 2. The lowest BCUT2D eigenvalue weighted by Gasteiger charge is -2.18. The maximum atomic E-state index is 8.14. The lowest BCUT2D eigenvalue weighted by Crippen LogP contribution is -2.07. The number of aromatic nitrogens is 1. The lowest BCUT2D eigenvalue weighted by atomic mass is 9.97. The second-order valence-electron chi connectivity index (χ2n) is 6.06. The minimum atomic E-state index is 0.334. The fourth-order valence-electron chi connectivity index (χ4n) is 3.00. The van der Waals surface area contributed by atoms with E-state index < -0.39 is 0 Å². The summed E-state index contributed by atoms with van der Waals surface area (Å²) in [5, 5.41) is 8.62. The van der Waals surface area contributed by atoms with E-state index in [1.807, 2.05) is 19.1 Å². The van der Waals surface area contributed by atoms with Crippen LogP contribution >= 0.6 is 11.6 Å². The SMILES string of the molecule is CCCC(=N)c1ccc(-c2c(Cl)c(OC)cc(OC)c2CCC)nc1N. The number of nitrogen functional groups attached to an aromatic ring is 1. The van der Waals surface area contributed by atoms with E-state index in [-0.39, 0.29) is 0 Å². The maximum Gasteiger partial charge on any atom is 0.141 e. The molecule has 0 aliphatic carbocycles. The van der Waals surface area contributed by atoms with E-state index in [9.17, 15) is 0 Å². The number of nitrogens with two attached hydrogens (primary N) is 1. The molecule has 26 heavy (non-hydrogen) atoms. The first-order valence-corrected chi connectivity index (χ1v) is 9.14. The van der Waals surface area contributed by atoms with Crippen LogP contribution in [0, 0.1) is 5.41 Å². The summed E-state index contributed by atoms with van der Waals surface area (Å²) < 4.78 is 11.0. The summed E-state index contributed by atoms with van der Waals surface area (Å²) in [6.07, 6.45) is 3.28. The zero-order chi connectivity index (χ0) is 19.3. The van der Waals surface area contributed by atoms with Gasteiger partial charge in [-0.25, -0.2) is 4.98 Å². The maximum absolute atomic E-state index is 8.14. The summed E-state index contributed by atoms with van der Waals surface area (Å²) in [6, 6.07) is 5.49. The number of hydrogen-bond donors (Lipinski definition) is 2. The Morgan fingerprint density at radius 3 is 2.38 bits per heavy atom. The van der Waals surface area contributed by atoms with Gasteiger partial charge in [0.1, 0.15) is 17.3 Å². The van der Waals surface area contributed by atoms with E-state index >= 15 is 0 Å². The number of pyridine rings is 1. The van der Waals surface area contributed by atoms with Crippen molar-refractivity contribution in [1.82, 2.24) is 4.98 Å². The highest BCUT2D eigenvalue weighted by molar-refractivity contribution is 6.35. The lowest BCUT2D eigenvalue weighted by molar-refractivity contribution is 0.391. The van der Waals surface area contributed by atoms with E-state index in [1.165, 1.54) is 0 Å². The zero-order valence-corrected chi connectivity index (χ0v) is 16.5. The molecular weight excluding hydrogens is 350 g/mol. The van der Waals surface area contributed by atoms with Crippen LogP contribution in [0.5, 0.6) is 11.5 Å². The summed E-state index contributed by atoms with van der Waals surface area (Å²) in [4.78, 5) is 4.54. The average molecular weight is 376 g/mol. The van der Waals surface area contributed by atoms with Gasteiger partial charge in [-0.05, 0) is 25.0 Å². The van der Waals surface area contributed by atoms with Gasteiger partial charge in [-0.3, -0.25) is 0 Å². The molecule has 2 aromatic rings. The van der Waals surface area contributed by atoms with Crippen molar-refractivity contribution in [2.24, 2.45) is 0 Å². The predicted octanol–water partition coefficient (Wildman–Crippen LogP) is 5.12. The summed E-state index contributed by atoms with van der Waals surface area (Å²) in [5.74, 6) is 1.58. The molecule has 1 heterocycles. The molecule has 0 bridgehead atoms. The van der Waals surface area contributed by atoms with Crippen molar-refractivity contribution in [2.45, 2.75) is 39.5 Å². The minimum Gasteiger partial charge on any atom is -0.496 e. The molecule has 0 aliphatic heterocycles. The summed E-state index contributed by atoms with van der Waals surface area (Å²) in [7, 11) is 3.20. The number of anilines is 1. The summed E-state index contributed by atoms with van der Waals surface area (Å²) >= 11 is 6.61. The van der Waals surface area contributed by atoms with E-state index in [2.05, 4.69) is 11.9 Å². The smallest absolute Gasteiger partial charge is 0.141 e. The molecule has 0 fully saturated rings. The van der Waals surface area contributed by atoms with Gasteiger partial charge in [-0.1, -0.05) is 38.3 Å². The normalized spacial score (nSPS) is 10.7. The van der Waals surface area contributed by atoms with Crippen molar-refractivity contribution < 1.29 is 9.47 Å². The quantitative estimate of drug-likeness (QED) is 0.627. The van der Waals surface area contributed by atoms with Crippen LogP contribution in [-0.2, 0) is 6.42 Å². The van der Waals surface area contributed by atoms with Crippen LogP contribution < -0.4 is 15.2 Å². The van der Waals surface area contributed by atoms with E-state index in [0.29, 0.717) is 45.7 Å². The van der Waals surface area contributed by atoms with Gasteiger partial charge < -0.3 is 20.6 Å². The number of nitrogens with one attached hydrogen (secondary N) is 1. The van der Waals surface area contributed by atoms with Gasteiger partial charge >= 0.3 is 0 Å². The molecule has 3 N–H and O–H groups in total. The van der Waals surface area contributed by atoms with Crippen LogP contribution in [0.1, 0.15) is 44.2 Å². The van der Waals surface area contributed by atoms with E-state index in [4.69, 9.17) is 32.2 Å². The van der Waals surface area contributed by atoms with Crippen molar-refractivity contribution in [3.63, 3.8) is 0 Å². The van der Waals surface area contributed by atoms with Crippen molar-refractivity contribution in [1.29, 1.82) is 5.41 Å². The summed E-state index contributed by atoms with van der Waals surface area (Å²) in [6.45, 7) is 4.13. The largest absolute Gasteiger partial charge is 0.496 e. The Balaban J connectivity index is 2.66. The molecule has 6 heteroatoms. The van der Waals surface area contributed by atoms with Crippen LogP contribution in [0.3, 0.4) is 0 Å². The zero-order valence-electron chi connectivity index (χ0n) is 15.8. The molecule has 140 valence electrons. The minimum absolute atomic E-state index is 0.334. The van der Waals surface area contributed by atoms with Gasteiger partial charge in [0, 0.05) is 28.5 Å². The Morgan fingerprint density at radius 1 is 1.15 bits per heavy atom. The molecule has 0 saturated heterocycles. The molecule has 0 atom stereocenters. The molecule has 5 nitrogen and oxygen atoms in total. The topological polar surface area (TPSA) is 81.2 Å². The van der Waals surface area contributed by atoms with Crippen LogP contribution in [0.25, 0.3) is 11.3 Å². The van der Waals surface area contributed by atoms with E-state index in [1.54, 1.807) is 20.3 Å². The first kappa shape index (κ1) is 20.0. The molecule has 0 radical (unpaired) electrons. The molecule has 0 spiro atoms. The van der Waals surface area contributed by atoms with Gasteiger partial charge in [0.05, 0.1) is 24.9 Å². The first-order chi connectivity index (χ1) is 12.5. The predicted molar refractivity (Wildman–Crippen MR) is 108 cm³/mol. The number of benzene rings is 1. The molecule has 0 aliphatic rings. The van der Waals surface area contributed by atoms with Crippen molar-refractivity contribution in [3.05, 3.63) is 34.3 Å². The first-order valence-electron chi connectivity index (χ1n) is 8.76. The Kier molecular flexibility index (Phi) is 6.86. The Hall–Kier alpha value is -2.27. The monoisotopic (exact) mass is 375 g/mol. The third kappa shape index (κ3) is 3.93. The third-order valence-electron chi connectivity index (χ3n) is 4.24. The Bertz CT molecular complexity index is 806. The standard InChI is InChI=1S/C20H26ClN3O2/c1-5-7-13-16(25-3)11-17(26-4)19(21)18(13)15-10-9-12(20(23)24-15)14(22)8-6-2/h9-11,22H,5-8H2,1-4H3,(H2,23,24). The van der Waals surface area contributed by atoms with Crippen LogP contribution in [-0.4, -0.2) is 24.9 Å². The van der Waals surface area contributed by atoms with Crippen LogP contribution in [0.15, 0.2) is 18.2 Å². The van der Waals surface area contributed by atoms with Gasteiger partial charge in [0.2, 0.25) is 0 Å². The van der Waals surface area contributed by atoms with Gasteiger partial charge in [-0.2, -0.15) is 0 Å². The molecule has 0 saturated carbocycles. The molecule has 2 rings (SSSR count). The summed E-state index contributed by atoms with van der Waals surface area (Å²) in [5.41, 5.74) is 9.70. The third-order valence-corrected chi connectivity index (χ3v) is 4.62. The fourth-order valence-corrected chi connectivity index (χ4v) is 3.34. The van der Waals surface area contributed by atoms with Gasteiger partial charge in [-0.15, -0.1) is 0 Å². The molecule has 0 amide bonds. The average Bonchev–Trinajstić information content (AvgIpc) is 2.62. The van der Waals surface area contributed by atoms with Gasteiger partial charge in [0.15, 0.2) is 0 Å².